The summed E-state index contributed by atoms with van der Waals surface area (Å²) in [5, 5.41) is 0. The summed E-state index contributed by atoms with van der Waals surface area (Å²) in [6.07, 6.45) is 2.26. The van der Waals surface area contributed by atoms with E-state index in [0.717, 1.165) is 42.3 Å². The first-order chi connectivity index (χ1) is 10.1. The second kappa shape index (κ2) is 5.31. The molecule has 1 aromatic carbocycles. The van der Waals surface area contributed by atoms with Crippen molar-refractivity contribution in [3.8, 4) is 0 Å². The molecular weight excluding hydrogens is 267 g/mol. The van der Waals surface area contributed by atoms with Crippen LogP contribution in [0.4, 0.5) is 21.7 Å². The number of nitrogen functional groups attached to an aromatic ring is 1. The molecule has 0 radical (unpaired) electrons. The molecule has 1 aromatic heterocycles. The van der Waals surface area contributed by atoms with Crippen molar-refractivity contribution in [2.75, 3.05) is 17.2 Å². The average Bonchev–Trinajstić information content (AvgIpc) is 3.30. The highest BCUT2D eigenvalue weighted by atomic mass is 19.1. The molecule has 0 bridgehead atoms. The highest BCUT2D eigenvalue weighted by Crippen LogP contribution is 2.40. The number of anilines is 3. The maximum Gasteiger partial charge on any atom is 0.141 e. The van der Waals surface area contributed by atoms with Crippen LogP contribution in [-0.2, 0) is 0 Å². The van der Waals surface area contributed by atoms with E-state index in [1.54, 1.807) is 12.1 Å². The second-order valence-corrected chi connectivity index (χ2v) is 5.41. The fraction of sp³-hybridized carbons (Fsp3) is 0.375. The molecule has 0 amide bonds. The molecule has 1 saturated carbocycles. The van der Waals surface area contributed by atoms with E-state index < -0.39 is 0 Å². The van der Waals surface area contributed by atoms with Gasteiger partial charge in [0, 0.05) is 23.7 Å². The quantitative estimate of drug-likeness (QED) is 0.934. The number of rotatable bonds is 4. The number of aromatic nitrogens is 2. The average molecular weight is 286 g/mol. The van der Waals surface area contributed by atoms with E-state index >= 15 is 0 Å². The molecule has 2 N–H and O–H groups in total. The Bertz CT molecular complexity index is 650. The SMILES string of the molecule is CCN(c1ccc(F)cc1)c1nc(C2CC2)nc(N)c1C. The third-order valence-electron chi connectivity index (χ3n) is 3.83. The molecule has 2 aromatic rings. The summed E-state index contributed by atoms with van der Waals surface area (Å²) in [5.41, 5.74) is 7.81. The molecule has 5 heteroatoms. The zero-order valence-corrected chi connectivity index (χ0v) is 12.3. The molecule has 0 saturated heterocycles. The Morgan fingerprint density at radius 3 is 2.48 bits per heavy atom. The van der Waals surface area contributed by atoms with Crippen LogP contribution in [0.25, 0.3) is 0 Å². The lowest BCUT2D eigenvalue weighted by molar-refractivity contribution is 0.627. The highest BCUT2D eigenvalue weighted by Gasteiger charge is 2.28. The Kier molecular flexibility index (Phi) is 3.49. The van der Waals surface area contributed by atoms with Gasteiger partial charge in [-0.3, -0.25) is 0 Å². The first kappa shape index (κ1) is 13.8. The van der Waals surface area contributed by atoms with Gasteiger partial charge >= 0.3 is 0 Å². The van der Waals surface area contributed by atoms with Gasteiger partial charge in [0.05, 0.1) is 0 Å². The predicted octanol–water partition coefficient (Wildman–Crippen LogP) is 3.54. The fourth-order valence-electron chi connectivity index (χ4n) is 2.40. The molecule has 0 aliphatic heterocycles. The van der Waals surface area contributed by atoms with Crippen molar-refractivity contribution in [3.63, 3.8) is 0 Å². The maximum atomic E-state index is 13.1. The van der Waals surface area contributed by atoms with Crippen LogP contribution in [0, 0.1) is 12.7 Å². The largest absolute Gasteiger partial charge is 0.383 e. The van der Waals surface area contributed by atoms with Gasteiger partial charge in [0.1, 0.15) is 23.3 Å². The minimum absolute atomic E-state index is 0.243. The predicted molar refractivity (Wildman–Crippen MR) is 82.2 cm³/mol. The summed E-state index contributed by atoms with van der Waals surface area (Å²) in [7, 11) is 0. The van der Waals surface area contributed by atoms with Crippen molar-refractivity contribution < 1.29 is 4.39 Å². The Labute approximate surface area is 123 Å². The van der Waals surface area contributed by atoms with Gasteiger partial charge in [0.2, 0.25) is 0 Å². The van der Waals surface area contributed by atoms with Crippen molar-refractivity contribution in [3.05, 3.63) is 41.5 Å². The van der Waals surface area contributed by atoms with E-state index in [1.165, 1.54) is 12.1 Å². The zero-order valence-electron chi connectivity index (χ0n) is 12.3. The minimum atomic E-state index is -0.243. The standard InChI is InChI=1S/C16H19FN4/c1-3-21(13-8-6-12(17)7-9-13)16-10(2)14(18)19-15(20-16)11-4-5-11/h6-9,11H,3-5H2,1-2H3,(H2,18,19,20). The van der Waals surface area contributed by atoms with Crippen LogP contribution in [0.2, 0.25) is 0 Å². The van der Waals surface area contributed by atoms with Crippen molar-refractivity contribution >= 4 is 17.3 Å². The Morgan fingerprint density at radius 2 is 1.90 bits per heavy atom. The van der Waals surface area contributed by atoms with Crippen molar-refractivity contribution in [2.45, 2.75) is 32.6 Å². The molecule has 21 heavy (non-hydrogen) atoms. The zero-order chi connectivity index (χ0) is 15.0. The van der Waals surface area contributed by atoms with E-state index in [1.807, 2.05) is 18.7 Å². The molecule has 4 nitrogen and oxygen atoms in total. The van der Waals surface area contributed by atoms with E-state index in [2.05, 4.69) is 4.98 Å². The lowest BCUT2D eigenvalue weighted by atomic mass is 10.2. The molecule has 3 rings (SSSR count). The molecule has 1 heterocycles. The smallest absolute Gasteiger partial charge is 0.141 e. The summed E-state index contributed by atoms with van der Waals surface area (Å²) in [5.74, 6) is 2.38. The normalized spacial score (nSPS) is 14.2. The second-order valence-electron chi connectivity index (χ2n) is 5.41. The summed E-state index contributed by atoms with van der Waals surface area (Å²) in [6, 6.07) is 6.43. The molecule has 1 aliphatic carbocycles. The first-order valence-corrected chi connectivity index (χ1v) is 7.27. The maximum absolute atomic E-state index is 13.1. The van der Waals surface area contributed by atoms with Crippen LogP contribution in [0.1, 0.15) is 37.1 Å². The minimum Gasteiger partial charge on any atom is -0.383 e. The third kappa shape index (κ3) is 2.68. The topological polar surface area (TPSA) is 55.0 Å². The van der Waals surface area contributed by atoms with Crippen molar-refractivity contribution in [2.24, 2.45) is 0 Å². The Balaban J connectivity index is 2.05. The van der Waals surface area contributed by atoms with Crippen molar-refractivity contribution in [1.29, 1.82) is 0 Å². The number of nitrogens with zero attached hydrogens (tertiary/aromatic N) is 3. The van der Waals surface area contributed by atoms with Gasteiger partial charge in [-0.1, -0.05) is 0 Å². The van der Waals surface area contributed by atoms with Gasteiger partial charge < -0.3 is 10.6 Å². The fourth-order valence-corrected chi connectivity index (χ4v) is 2.40. The van der Waals surface area contributed by atoms with Crippen LogP contribution in [0.3, 0.4) is 0 Å². The van der Waals surface area contributed by atoms with Gasteiger partial charge in [-0.05, 0) is 51.0 Å². The number of nitrogens with two attached hydrogens (primary N) is 1. The number of hydrogen-bond acceptors (Lipinski definition) is 4. The highest BCUT2D eigenvalue weighted by molar-refractivity contribution is 5.66. The van der Waals surface area contributed by atoms with E-state index in [-0.39, 0.29) is 5.82 Å². The monoisotopic (exact) mass is 286 g/mol. The van der Waals surface area contributed by atoms with Crippen LogP contribution >= 0.6 is 0 Å². The molecular formula is C16H19FN4. The molecule has 110 valence electrons. The lowest BCUT2D eigenvalue weighted by Crippen LogP contribution is -2.20. The lowest BCUT2D eigenvalue weighted by Gasteiger charge is -2.24. The number of hydrogen-bond donors (Lipinski definition) is 1. The van der Waals surface area contributed by atoms with E-state index in [4.69, 9.17) is 10.7 Å². The van der Waals surface area contributed by atoms with Crippen LogP contribution < -0.4 is 10.6 Å². The van der Waals surface area contributed by atoms with Gasteiger partial charge in [-0.25, -0.2) is 14.4 Å². The molecule has 1 aliphatic rings. The van der Waals surface area contributed by atoms with Crippen LogP contribution in [-0.4, -0.2) is 16.5 Å². The first-order valence-electron chi connectivity index (χ1n) is 7.27. The molecule has 0 atom stereocenters. The van der Waals surface area contributed by atoms with Gasteiger partial charge in [0.25, 0.3) is 0 Å². The summed E-state index contributed by atoms with van der Waals surface area (Å²) in [6.45, 7) is 4.69. The Morgan fingerprint density at radius 1 is 1.24 bits per heavy atom. The summed E-state index contributed by atoms with van der Waals surface area (Å²) in [4.78, 5) is 11.1. The number of halogens is 1. The summed E-state index contributed by atoms with van der Waals surface area (Å²) >= 11 is 0. The van der Waals surface area contributed by atoms with Gasteiger partial charge in [0.15, 0.2) is 0 Å². The van der Waals surface area contributed by atoms with Crippen molar-refractivity contribution in [1.82, 2.24) is 9.97 Å². The van der Waals surface area contributed by atoms with Gasteiger partial charge in [-0.2, -0.15) is 0 Å². The van der Waals surface area contributed by atoms with E-state index in [9.17, 15) is 4.39 Å². The van der Waals surface area contributed by atoms with Crippen LogP contribution in [0.5, 0.6) is 0 Å². The van der Waals surface area contributed by atoms with Crippen LogP contribution in [0.15, 0.2) is 24.3 Å². The number of benzene rings is 1. The van der Waals surface area contributed by atoms with Gasteiger partial charge in [-0.15, -0.1) is 0 Å². The third-order valence-corrected chi connectivity index (χ3v) is 3.83. The Hall–Kier alpha value is -2.17. The van der Waals surface area contributed by atoms with E-state index in [0.29, 0.717) is 11.7 Å². The molecule has 0 spiro atoms. The molecule has 0 unspecified atom stereocenters. The summed E-state index contributed by atoms with van der Waals surface area (Å²) < 4.78 is 13.1. The molecule has 1 fully saturated rings.